The van der Waals surface area contributed by atoms with Crippen molar-refractivity contribution in [1.29, 1.82) is 0 Å². The monoisotopic (exact) mass is 359 g/mol. The maximum atomic E-state index is 5.22. The fraction of sp³-hybridized carbons (Fsp3) is 0.619. The molecule has 3 nitrogen and oxygen atoms in total. The van der Waals surface area contributed by atoms with Crippen LogP contribution < -0.4 is 0 Å². The number of nitrogens with one attached hydrogen (secondary N) is 1. The third-order valence-electron chi connectivity index (χ3n) is 4.71. The lowest BCUT2D eigenvalue weighted by atomic mass is 10.1. The highest BCUT2D eigenvalue weighted by molar-refractivity contribution is 7.71. The number of aromatic nitrogens is 3. The minimum absolute atomic E-state index is 0.571. The summed E-state index contributed by atoms with van der Waals surface area (Å²) in [6.45, 7) is 2.28. The average Bonchev–Trinajstić information content (AvgIpc) is 3.01. The van der Waals surface area contributed by atoms with Crippen molar-refractivity contribution in [2.24, 2.45) is 0 Å². The van der Waals surface area contributed by atoms with Gasteiger partial charge in [0, 0.05) is 6.42 Å². The number of para-hydroxylation sites is 1. The number of unbranched alkanes of at least 4 members (excludes halogenated alkanes) is 10. The molecule has 1 aromatic heterocycles. The van der Waals surface area contributed by atoms with Gasteiger partial charge < -0.3 is 0 Å². The topological polar surface area (TPSA) is 33.6 Å². The summed E-state index contributed by atoms with van der Waals surface area (Å²) < 4.78 is 2.60. The molecule has 1 aromatic carbocycles. The first-order chi connectivity index (χ1) is 12.3. The highest BCUT2D eigenvalue weighted by Gasteiger charge is 2.06. The number of aryl methyl sites for hydroxylation is 1. The van der Waals surface area contributed by atoms with E-state index in [1.165, 1.54) is 70.6 Å². The Bertz CT molecular complexity index is 630. The predicted octanol–water partition coefficient (Wildman–Crippen LogP) is 6.78. The summed E-state index contributed by atoms with van der Waals surface area (Å²) in [5.41, 5.74) is 1.10. The van der Waals surface area contributed by atoms with Crippen molar-refractivity contribution < 1.29 is 0 Å². The molecule has 0 aliphatic carbocycles. The van der Waals surface area contributed by atoms with Gasteiger partial charge in [-0.25, -0.2) is 9.67 Å². The molecule has 0 atom stereocenters. The van der Waals surface area contributed by atoms with E-state index in [1.54, 1.807) is 0 Å². The Hall–Kier alpha value is -1.42. The Balaban J connectivity index is 1.61. The maximum Gasteiger partial charge on any atom is 0.213 e. The molecule has 0 saturated heterocycles. The van der Waals surface area contributed by atoms with E-state index in [-0.39, 0.29) is 0 Å². The molecule has 0 radical (unpaired) electrons. The minimum Gasteiger partial charge on any atom is -0.266 e. The third kappa shape index (κ3) is 7.55. The summed E-state index contributed by atoms with van der Waals surface area (Å²) in [5, 5.41) is 3.17. The smallest absolute Gasteiger partial charge is 0.213 e. The molecule has 2 rings (SSSR count). The Labute approximate surface area is 157 Å². The van der Waals surface area contributed by atoms with Gasteiger partial charge >= 0.3 is 0 Å². The van der Waals surface area contributed by atoms with Gasteiger partial charge in [-0.1, -0.05) is 89.3 Å². The Morgan fingerprint density at radius 2 is 1.40 bits per heavy atom. The lowest BCUT2D eigenvalue weighted by Crippen LogP contribution is -2.03. The molecular weight excluding hydrogens is 326 g/mol. The molecule has 4 heteroatoms. The molecule has 1 N–H and O–H groups in total. The van der Waals surface area contributed by atoms with Crippen LogP contribution in [0.3, 0.4) is 0 Å². The molecule has 138 valence electrons. The number of nitrogens with zero attached hydrogens (tertiary/aromatic N) is 2. The Kier molecular flexibility index (Phi) is 9.57. The van der Waals surface area contributed by atoms with Crippen LogP contribution in [0.5, 0.6) is 0 Å². The fourth-order valence-corrected chi connectivity index (χ4v) is 3.45. The molecule has 0 spiro atoms. The van der Waals surface area contributed by atoms with Crippen molar-refractivity contribution in [3.63, 3.8) is 0 Å². The second kappa shape index (κ2) is 12.0. The second-order valence-electron chi connectivity index (χ2n) is 6.90. The van der Waals surface area contributed by atoms with Crippen molar-refractivity contribution in [2.75, 3.05) is 0 Å². The van der Waals surface area contributed by atoms with Crippen molar-refractivity contribution in [3.05, 3.63) is 40.9 Å². The fourth-order valence-electron chi connectivity index (χ4n) is 3.26. The number of rotatable bonds is 13. The van der Waals surface area contributed by atoms with E-state index in [1.807, 2.05) is 22.9 Å². The van der Waals surface area contributed by atoms with Crippen LogP contribution in [0, 0.1) is 4.77 Å². The zero-order valence-electron chi connectivity index (χ0n) is 15.7. The molecule has 0 saturated carbocycles. The number of H-pyrrole nitrogens is 1. The van der Waals surface area contributed by atoms with E-state index in [9.17, 15) is 0 Å². The van der Waals surface area contributed by atoms with E-state index >= 15 is 0 Å². The minimum atomic E-state index is 0.571. The van der Waals surface area contributed by atoms with Gasteiger partial charge in [0.1, 0.15) is 5.82 Å². The van der Waals surface area contributed by atoms with Crippen LogP contribution in [0.4, 0.5) is 0 Å². The Morgan fingerprint density at radius 3 is 2.00 bits per heavy atom. The quantitative estimate of drug-likeness (QED) is 0.316. The summed E-state index contributed by atoms with van der Waals surface area (Å²) in [4.78, 5) is 4.49. The third-order valence-corrected chi connectivity index (χ3v) is 4.90. The van der Waals surface area contributed by atoms with Crippen LogP contribution in [0.1, 0.15) is 83.4 Å². The molecule has 0 aliphatic heterocycles. The lowest BCUT2D eigenvalue weighted by molar-refractivity contribution is 0.546. The first kappa shape index (κ1) is 19.9. The maximum absolute atomic E-state index is 5.22. The molecule has 0 bridgehead atoms. The number of benzene rings is 1. The highest BCUT2D eigenvalue weighted by Crippen LogP contribution is 2.14. The SMILES string of the molecule is CCCCCCCCCCCCCc1nc(=S)[nH]n1-c1ccccc1. The highest BCUT2D eigenvalue weighted by atomic mass is 32.1. The normalized spacial score (nSPS) is 11.1. The molecule has 1 heterocycles. The Morgan fingerprint density at radius 1 is 0.840 bits per heavy atom. The van der Waals surface area contributed by atoms with Crippen LogP contribution in [-0.2, 0) is 6.42 Å². The van der Waals surface area contributed by atoms with E-state index in [0.717, 1.165) is 17.9 Å². The first-order valence-electron chi connectivity index (χ1n) is 10.0. The average molecular weight is 360 g/mol. The van der Waals surface area contributed by atoms with E-state index < -0.39 is 0 Å². The number of hydrogen-bond acceptors (Lipinski definition) is 2. The van der Waals surface area contributed by atoms with Crippen LogP contribution in [0.25, 0.3) is 5.69 Å². The van der Waals surface area contributed by atoms with E-state index in [0.29, 0.717) is 4.77 Å². The zero-order chi connectivity index (χ0) is 17.7. The van der Waals surface area contributed by atoms with Crippen molar-refractivity contribution >= 4 is 12.2 Å². The summed E-state index contributed by atoms with van der Waals surface area (Å²) >= 11 is 5.22. The van der Waals surface area contributed by atoms with Crippen molar-refractivity contribution in [1.82, 2.24) is 14.8 Å². The van der Waals surface area contributed by atoms with Gasteiger partial charge in [-0.05, 0) is 30.8 Å². The first-order valence-corrected chi connectivity index (χ1v) is 10.5. The van der Waals surface area contributed by atoms with E-state index in [2.05, 4.69) is 29.1 Å². The lowest BCUT2D eigenvalue weighted by Gasteiger charge is -2.07. The van der Waals surface area contributed by atoms with Gasteiger partial charge in [0.25, 0.3) is 0 Å². The van der Waals surface area contributed by atoms with Gasteiger partial charge in [0.05, 0.1) is 5.69 Å². The largest absolute Gasteiger partial charge is 0.266 e. The van der Waals surface area contributed by atoms with Gasteiger partial charge in [-0.15, -0.1) is 0 Å². The molecule has 0 aliphatic rings. The molecule has 2 aromatic rings. The van der Waals surface area contributed by atoms with Gasteiger partial charge in [0.15, 0.2) is 0 Å². The summed E-state index contributed by atoms with van der Waals surface area (Å²) in [5.74, 6) is 1.05. The van der Waals surface area contributed by atoms with Crippen LogP contribution >= 0.6 is 12.2 Å². The van der Waals surface area contributed by atoms with Gasteiger partial charge in [-0.3, -0.25) is 5.10 Å². The molecule has 25 heavy (non-hydrogen) atoms. The standard InChI is InChI=1S/C21H33N3S/c1-2-3-4-5-6-7-8-9-10-11-15-18-20-22-21(25)23-24(20)19-16-13-12-14-17-19/h12-14,16-17H,2-11,15,18H2,1H3,(H,23,25). The van der Waals surface area contributed by atoms with Crippen LogP contribution in [0.15, 0.2) is 30.3 Å². The molecule has 0 amide bonds. The van der Waals surface area contributed by atoms with Gasteiger partial charge in [0.2, 0.25) is 4.77 Å². The predicted molar refractivity (Wildman–Crippen MR) is 109 cm³/mol. The van der Waals surface area contributed by atoms with Crippen LogP contribution in [0.2, 0.25) is 0 Å². The van der Waals surface area contributed by atoms with Crippen molar-refractivity contribution in [3.8, 4) is 5.69 Å². The molecular formula is C21H33N3S. The van der Waals surface area contributed by atoms with Crippen LogP contribution in [-0.4, -0.2) is 14.8 Å². The molecule has 0 unspecified atom stereocenters. The molecule has 0 fully saturated rings. The van der Waals surface area contributed by atoms with E-state index in [4.69, 9.17) is 12.2 Å². The summed E-state index contributed by atoms with van der Waals surface area (Å²) in [6.07, 6.45) is 16.0. The number of aromatic amines is 1. The second-order valence-corrected chi connectivity index (χ2v) is 7.29. The summed E-state index contributed by atoms with van der Waals surface area (Å²) in [6, 6.07) is 10.3. The number of hydrogen-bond donors (Lipinski definition) is 1. The van der Waals surface area contributed by atoms with Gasteiger partial charge in [-0.2, -0.15) is 0 Å². The summed E-state index contributed by atoms with van der Waals surface area (Å²) in [7, 11) is 0. The zero-order valence-corrected chi connectivity index (χ0v) is 16.5. The van der Waals surface area contributed by atoms with Crippen molar-refractivity contribution in [2.45, 2.75) is 84.0 Å².